The van der Waals surface area contributed by atoms with Crippen LogP contribution in [0.2, 0.25) is 5.02 Å². The maximum absolute atomic E-state index is 5.98. The molecule has 0 fully saturated rings. The second-order valence-corrected chi connectivity index (χ2v) is 5.27. The van der Waals surface area contributed by atoms with Crippen LogP contribution in [0, 0.1) is 0 Å². The van der Waals surface area contributed by atoms with Crippen molar-refractivity contribution in [2.24, 2.45) is 0 Å². The van der Waals surface area contributed by atoms with Crippen molar-refractivity contribution >= 4 is 27.5 Å². The molecule has 2 aromatic rings. The van der Waals surface area contributed by atoms with Crippen LogP contribution in [0.15, 0.2) is 41.0 Å². The van der Waals surface area contributed by atoms with Gasteiger partial charge in [-0.3, -0.25) is 4.98 Å². The molecule has 0 aliphatic heterocycles. The molecule has 0 spiro atoms. The fraction of sp³-hybridized carbons (Fsp3) is 0.214. The third-order valence-electron chi connectivity index (χ3n) is 2.86. The van der Waals surface area contributed by atoms with E-state index in [1.165, 1.54) is 0 Å². The Hall–Kier alpha value is -1.10. The molecular weight excluding hydrogens is 328 g/mol. The zero-order chi connectivity index (χ0) is 13.8. The van der Waals surface area contributed by atoms with Gasteiger partial charge in [-0.15, -0.1) is 0 Å². The van der Waals surface area contributed by atoms with Crippen molar-refractivity contribution in [3.8, 4) is 5.75 Å². The molecule has 3 nitrogen and oxygen atoms in total. The number of benzene rings is 1. The van der Waals surface area contributed by atoms with Crippen molar-refractivity contribution in [3.63, 3.8) is 0 Å². The van der Waals surface area contributed by atoms with Gasteiger partial charge in [0.1, 0.15) is 11.4 Å². The fourth-order valence-corrected chi connectivity index (χ4v) is 2.88. The summed E-state index contributed by atoms with van der Waals surface area (Å²) in [7, 11) is 3.53. The first kappa shape index (κ1) is 14.3. The van der Waals surface area contributed by atoms with Crippen LogP contribution >= 0.6 is 27.5 Å². The van der Waals surface area contributed by atoms with Crippen molar-refractivity contribution in [3.05, 3.63) is 57.3 Å². The molecule has 0 aliphatic carbocycles. The van der Waals surface area contributed by atoms with E-state index >= 15 is 0 Å². The zero-order valence-electron chi connectivity index (χ0n) is 10.7. The largest absolute Gasteiger partial charge is 0.495 e. The van der Waals surface area contributed by atoms with Gasteiger partial charge in [-0.1, -0.05) is 33.6 Å². The number of methoxy groups -OCH3 is 1. The van der Waals surface area contributed by atoms with Crippen LogP contribution in [0.25, 0.3) is 0 Å². The smallest absolute Gasteiger partial charge is 0.142 e. The molecule has 1 atom stereocenters. The van der Waals surface area contributed by atoms with Gasteiger partial charge >= 0.3 is 0 Å². The number of hydrogen-bond acceptors (Lipinski definition) is 3. The van der Waals surface area contributed by atoms with Crippen LogP contribution in [-0.2, 0) is 0 Å². The summed E-state index contributed by atoms with van der Waals surface area (Å²) in [6.07, 6.45) is 1.76. The zero-order valence-corrected chi connectivity index (χ0v) is 13.0. The Bertz CT molecular complexity index is 577. The van der Waals surface area contributed by atoms with Crippen molar-refractivity contribution in [2.75, 3.05) is 14.2 Å². The fourth-order valence-electron chi connectivity index (χ4n) is 1.97. The Balaban J connectivity index is 2.50. The minimum absolute atomic E-state index is 0.0669. The van der Waals surface area contributed by atoms with E-state index in [1.807, 2.05) is 37.4 Å². The standard InChI is InChI=1S/C14H14BrClN2O/c1-17-13(10-6-5-9(16)8-11(10)15)14-12(19-2)4-3-7-18-14/h3-8,13,17H,1-2H3. The number of nitrogens with one attached hydrogen (secondary N) is 1. The summed E-state index contributed by atoms with van der Waals surface area (Å²) in [4.78, 5) is 4.42. The number of aromatic nitrogens is 1. The lowest BCUT2D eigenvalue weighted by molar-refractivity contribution is 0.401. The van der Waals surface area contributed by atoms with E-state index in [0.717, 1.165) is 21.5 Å². The van der Waals surface area contributed by atoms with Gasteiger partial charge in [-0.2, -0.15) is 0 Å². The summed E-state index contributed by atoms with van der Waals surface area (Å²) in [6.45, 7) is 0. The number of ether oxygens (including phenoxy) is 1. The van der Waals surface area contributed by atoms with Crippen molar-refractivity contribution in [1.29, 1.82) is 0 Å². The van der Waals surface area contributed by atoms with Crippen LogP contribution in [0.1, 0.15) is 17.3 Å². The van der Waals surface area contributed by atoms with E-state index in [9.17, 15) is 0 Å². The van der Waals surface area contributed by atoms with Gasteiger partial charge in [0.25, 0.3) is 0 Å². The molecule has 0 bridgehead atoms. The Kier molecular flexibility index (Phi) is 4.80. The topological polar surface area (TPSA) is 34.2 Å². The second-order valence-electron chi connectivity index (χ2n) is 3.98. The molecule has 2 rings (SSSR count). The summed E-state index contributed by atoms with van der Waals surface area (Å²) in [5.74, 6) is 0.753. The van der Waals surface area contributed by atoms with Crippen molar-refractivity contribution in [2.45, 2.75) is 6.04 Å². The molecule has 19 heavy (non-hydrogen) atoms. The number of nitrogens with zero attached hydrogens (tertiary/aromatic N) is 1. The first-order chi connectivity index (χ1) is 9.17. The van der Waals surface area contributed by atoms with E-state index in [1.54, 1.807) is 13.3 Å². The average molecular weight is 342 g/mol. The van der Waals surface area contributed by atoms with Crippen LogP contribution < -0.4 is 10.1 Å². The highest BCUT2D eigenvalue weighted by Gasteiger charge is 2.20. The highest BCUT2D eigenvalue weighted by Crippen LogP contribution is 2.33. The van der Waals surface area contributed by atoms with Crippen molar-refractivity contribution < 1.29 is 4.74 Å². The molecule has 0 amide bonds. The maximum Gasteiger partial charge on any atom is 0.142 e. The molecular formula is C14H14BrClN2O. The minimum atomic E-state index is -0.0669. The molecule has 0 saturated heterocycles. The number of pyridine rings is 1. The maximum atomic E-state index is 5.98. The summed E-state index contributed by atoms with van der Waals surface area (Å²) < 4.78 is 6.31. The average Bonchev–Trinajstić information content (AvgIpc) is 2.42. The van der Waals surface area contributed by atoms with Crippen LogP contribution in [0.4, 0.5) is 0 Å². The normalized spacial score (nSPS) is 12.2. The molecule has 1 aromatic heterocycles. The molecule has 100 valence electrons. The number of rotatable bonds is 4. The van der Waals surface area contributed by atoms with Crippen molar-refractivity contribution in [1.82, 2.24) is 10.3 Å². The third kappa shape index (κ3) is 3.08. The molecule has 0 aliphatic rings. The van der Waals surface area contributed by atoms with E-state index in [0.29, 0.717) is 5.02 Å². The van der Waals surface area contributed by atoms with Gasteiger partial charge in [0, 0.05) is 15.7 Å². The summed E-state index contributed by atoms with van der Waals surface area (Å²) >= 11 is 9.52. The first-order valence-corrected chi connectivity index (χ1v) is 6.95. The van der Waals surface area contributed by atoms with E-state index < -0.39 is 0 Å². The van der Waals surface area contributed by atoms with E-state index in [4.69, 9.17) is 16.3 Å². The molecule has 0 saturated carbocycles. The molecule has 1 heterocycles. The van der Waals surface area contributed by atoms with E-state index in [-0.39, 0.29) is 6.04 Å². The Morgan fingerprint density at radius 1 is 1.37 bits per heavy atom. The van der Waals surface area contributed by atoms with Crippen LogP contribution in [0.5, 0.6) is 5.75 Å². The quantitative estimate of drug-likeness (QED) is 0.918. The lowest BCUT2D eigenvalue weighted by Gasteiger charge is -2.20. The van der Waals surface area contributed by atoms with E-state index in [2.05, 4.69) is 26.2 Å². The molecule has 1 unspecified atom stereocenters. The SMILES string of the molecule is CNC(c1ccc(Cl)cc1Br)c1ncccc1OC. The van der Waals surface area contributed by atoms with Gasteiger partial charge in [-0.25, -0.2) is 0 Å². The number of hydrogen-bond donors (Lipinski definition) is 1. The van der Waals surface area contributed by atoms with Gasteiger partial charge in [0.2, 0.25) is 0 Å². The second kappa shape index (κ2) is 6.37. The first-order valence-electron chi connectivity index (χ1n) is 5.78. The Labute approximate surface area is 126 Å². The van der Waals surface area contributed by atoms with Crippen LogP contribution in [0.3, 0.4) is 0 Å². The summed E-state index contributed by atoms with van der Waals surface area (Å²) in [5, 5.41) is 3.95. The summed E-state index contributed by atoms with van der Waals surface area (Å²) in [5.41, 5.74) is 1.90. The lowest BCUT2D eigenvalue weighted by atomic mass is 10.0. The van der Waals surface area contributed by atoms with Gasteiger partial charge in [-0.05, 0) is 36.9 Å². The third-order valence-corrected chi connectivity index (χ3v) is 3.78. The monoisotopic (exact) mass is 340 g/mol. The Morgan fingerprint density at radius 3 is 2.79 bits per heavy atom. The molecule has 0 radical (unpaired) electrons. The molecule has 1 N–H and O–H groups in total. The highest BCUT2D eigenvalue weighted by molar-refractivity contribution is 9.10. The Morgan fingerprint density at radius 2 is 2.16 bits per heavy atom. The van der Waals surface area contributed by atoms with Gasteiger partial charge < -0.3 is 10.1 Å². The van der Waals surface area contributed by atoms with Crippen LogP contribution in [-0.4, -0.2) is 19.1 Å². The van der Waals surface area contributed by atoms with Gasteiger partial charge in [0.05, 0.1) is 13.2 Å². The van der Waals surface area contributed by atoms with Gasteiger partial charge in [0.15, 0.2) is 0 Å². The minimum Gasteiger partial charge on any atom is -0.495 e. The lowest BCUT2D eigenvalue weighted by Crippen LogP contribution is -2.20. The predicted molar refractivity (Wildman–Crippen MR) is 80.8 cm³/mol. The molecule has 5 heteroatoms. The molecule has 1 aromatic carbocycles. The number of halogens is 2. The highest BCUT2D eigenvalue weighted by atomic mass is 79.9. The summed E-state index contributed by atoms with van der Waals surface area (Å²) in [6, 6.07) is 9.39. The predicted octanol–water partition coefficient (Wildman–Crippen LogP) is 3.81.